The number of hydrogen-bond donors (Lipinski definition) is 2. The van der Waals surface area contributed by atoms with Crippen LogP contribution in [0.1, 0.15) is 48.8 Å². The van der Waals surface area contributed by atoms with Crippen molar-refractivity contribution in [3.8, 4) is 5.75 Å². The molecule has 0 heterocycles. The lowest BCUT2D eigenvalue weighted by atomic mass is 9.76. The Kier molecular flexibility index (Phi) is 2.94. The van der Waals surface area contributed by atoms with E-state index in [4.69, 9.17) is 5.73 Å². The molecule has 1 aliphatic carbocycles. The molecule has 1 aromatic carbocycles. The maximum Gasteiger partial charge on any atom is 0.121 e. The fourth-order valence-corrected chi connectivity index (χ4v) is 2.71. The first kappa shape index (κ1) is 11.5. The van der Waals surface area contributed by atoms with E-state index in [9.17, 15) is 5.11 Å². The second-order valence-corrected chi connectivity index (χ2v) is 5.18. The number of rotatable bonds is 1. The fourth-order valence-electron chi connectivity index (χ4n) is 2.71. The van der Waals surface area contributed by atoms with Gasteiger partial charge < -0.3 is 10.8 Å². The van der Waals surface area contributed by atoms with Crippen molar-refractivity contribution in [3.63, 3.8) is 0 Å². The first-order valence-corrected chi connectivity index (χ1v) is 6.12. The molecule has 0 radical (unpaired) electrons. The Bertz CT molecular complexity index is 369. The van der Waals surface area contributed by atoms with Gasteiger partial charge in [0.15, 0.2) is 0 Å². The SMILES string of the molecule is Cc1cc(C2(N)CCCCC2)cc(C)c1O. The summed E-state index contributed by atoms with van der Waals surface area (Å²) in [5.74, 6) is 0.406. The number of hydrogen-bond acceptors (Lipinski definition) is 2. The molecular weight excluding hydrogens is 198 g/mol. The van der Waals surface area contributed by atoms with Crippen LogP contribution in [-0.4, -0.2) is 5.11 Å². The molecule has 2 rings (SSSR count). The average molecular weight is 219 g/mol. The van der Waals surface area contributed by atoms with Crippen LogP contribution in [0.25, 0.3) is 0 Å². The number of benzene rings is 1. The lowest BCUT2D eigenvalue weighted by molar-refractivity contribution is 0.301. The van der Waals surface area contributed by atoms with E-state index in [1.165, 1.54) is 24.8 Å². The number of phenolic OH excluding ortho intramolecular Hbond substituents is 1. The van der Waals surface area contributed by atoms with Crippen molar-refractivity contribution >= 4 is 0 Å². The molecule has 0 saturated heterocycles. The Balaban J connectivity index is 2.39. The van der Waals surface area contributed by atoms with E-state index >= 15 is 0 Å². The summed E-state index contributed by atoms with van der Waals surface area (Å²) in [5.41, 5.74) is 9.39. The van der Waals surface area contributed by atoms with Gasteiger partial charge in [-0.05, 0) is 43.4 Å². The predicted octanol–water partition coefficient (Wildman–Crippen LogP) is 3.13. The highest BCUT2D eigenvalue weighted by Gasteiger charge is 2.29. The third kappa shape index (κ3) is 1.94. The molecule has 1 aliphatic rings. The van der Waals surface area contributed by atoms with Crippen LogP contribution in [0.3, 0.4) is 0 Å². The van der Waals surface area contributed by atoms with Crippen LogP contribution in [0.15, 0.2) is 12.1 Å². The van der Waals surface area contributed by atoms with E-state index < -0.39 is 0 Å². The smallest absolute Gasteiger partial charge is 0.121 e. The monoisotopic (exact) mass is 219 g/mol. The van der Waals surface area contributed by atoms with Crippen molar-refractivity contribution in [1.82, 2.24) is 0 Å². The van der Waals surface area contributed by atoms with Gasteiger partial charge in [-0.2, -0.15) is 0 Å². The van der Waals surface area contributed by atoms with Gasteiger partial charge >= 0.3 is 0 Å². The van der Waals surface area contributed by atoms with Gasteiger partial charge in [-0.3, -0.25) is 0 Å². The Hall–Kier alpha value is -1.02. The zero-order valence-corrected chi connectivity index (χ0v) is 10.2. The van der Waals surface area contributed by atoms with Crippen molar-refractivity contribution in [2.75, 3.05) is 0 Å². The molecule has 1 saturated carbocycles. The second kappa shape index (κ2) is 4.10. The number of aryl methyl sites for hydroxylation is 2. The Labute approximate surface area is 97.5 Å². The van der Waals surface area contributed by atoms with E-state index in [1.807, 2.05) is 26.0 Å². The van der Waals surface area contributed by atoms with Crippen LogP contribution >= 0.6 is 0 Å². The maximum absolute atomic E-state index is 9.77. The molecule has 88 valence electrons. The molecule has 0 atom stereocenters. The van der Waals surface area contributed by atoms with Gasteiger partial charge in [0.2, 0.25) is 0 Å². The summed E-state index contributed by atoms with van der Waals surface area (Å²) in [5, 5.41) is 9.77. The second-order valence-electron chi connectivity index (χ2n) is 5.18. The van der Waals surface area contributed by atoms with E-state index in [2.05, 4.69) is 0 Å². The molecule has 0 unspecified atom stereocenters. The topological polar surface area (TPSA) is 46.2 Å². The molecule has 0 spiro atoms. The van der Waals surface area contributed by atoms with Gasteiger partial charge in [0.25, 0.3) is 0 Å². The van der Waals surface area contributed by atoms with Crippen LogP contribution in [0.5, 0.6) is 5.75 Å². The van der Waals surface area contributed by atoms with Gasteiger partial charge in [-0.25, -0.2) is 0 Å². The summed E-state index contributed by atoms with van der Waals surface area (Å²) in [4.78, 5) is 0. The van der Waals surface area contributed by atoms with Crippen molar-refractivity contribution in [1.29, 1.82) is 0 Å². The lowest BCUT2D eigenvalue weighted by Crippen LogP contribution is -2.38. The van der Waals surface area contributed by atoms with Crippen molar-refractivity contribution in [2.24, 2.45) is 5.73 Å². The van der Waals surface area contributed by atoms with Crippen molar-refractivity contribution < 1.29 is 5.11 Å². The summed E-state index contributed by atoms with van der Waals surface area (Å²) in [6.45, 7) is 3.88. The van der Waals surface area contributed by atoms with Crippen LogP contribution < -0.4 is 5.73 Å². The molecule has 0 amide bonds. The molecule has 3 N–H and O–H groups in total. The fraction of sp³-hybridized carbons (Fsp3) is 0.571. The molecule has 16 heavy (non-hydrogen) atoms. The maximum atomic E-state index is 9.77. The van der Waals surface area contributed by atoms with E-state index in [-0.39, 0.29) is 5.54 Å². The van der Waals surface area contributed by atoms with Gasteiger partial charge in [0.1, 0.15) is 5.75 Å². The molecular formula is C14H21NO. The molecule has 0 bridgehead atoms. The summed E-state index contributed by atoms with van der Waals surface area (Å²) < 4.78 is 0. The number of nitrogens with two attached hydrogens (primary N) is 1. The van der Waals surface area contributed by atoms with Gasteiger partial charge in [-0.1, -0.05) is 31.4 Å². The average Bonchev–Trinajstić information content (AvgIpc) is 2.26. The third-order valence-corrected chi connectivity index (χ3v) is 3.81. The zero-order chi connectivity index (χ0) is 11.8. The molecule has 2 heteroatoms. The van der Waals surface area contributed by atoms with Gasteiger partial charge in [0.05, 0.1) is 0 Å². The largest absolute Gasteiger partial charge is 0.507 e. The molecule has 0 aromatic heterocycles. The van der Waals surface area contributed by atoms with Crippen LogP contribution in [0.2, 0.25) is 0 Å². The van der Waals surface area contributed by atoms with Crippen LogP contribution in [0.4, 0.5) is 0 Å². The molecule has 2 nitrogen and oxygen atoms in total. The Morgan fingerprint density at radius 1 is 1.06 bits per heavy atom. The van der Waals surface area contributed by atoms with E-state index in [1.54, 1.807) is 0 Å². The summed E-state index contributed by atoms with van der Waals surface area (Å²) in [7, 11) is 0. The number of phenols is 1. The van der Waals surface area contributed by atoms with Crippen molar-refractivity contribution in [3.05, 3.63) is 28.8 Å². The minimum absolute atomic E-state index is 0.165. The standard InChI is InChI=1S/C14H21NO/c1-10-8-12(9-11(2)13(10)16)14(15)6-4-3-5-7-14/h8-9,16H,3-7,15H2,1-2H3. The highest BCUT2D eigenvalue weighted by Crippen LogP contribution is 2.37. The Morgan fingerprint density at radius 2 is 1.56 bits per heavy atom. The molecule has 0 aliphatic heterocycles. The van der Waals surface area contributed by atoms with Crippen LogP contribution in [0, 0.1) is 13.8 Å². The number of aromatic hydroxyl groups is 1. The van der Waals surface area contributed by atoms with Crippen molar-refractivity contribution in [2.45, 2.75) is 51.5 Å². The first-order chi connectivity index (χ1) is 7.53. The highest BCUT2D eigenvalue weighted by molar-refractivity contribution is 5.44. The Morgan fingerprint density at radius 3 is 2.06 bits per heavy atom. The third-order valence-electron chi connectivity index (χ3n) is 3.81. The quantitative estimate of drug-likeness (QED) is 0.762. The first-order valence-electron chi connectivity index (χ1n) is 6.12. The van der Waals surface area contributed by atoms with Crippen LogP contribution in [-0.2, 0) is 5.54 Å². The predicted molar refractivity (Wildman–Crippen MR) is 66.5 cm³/mol. The van der Waals surface area contributed by atoms with Gasteiger partial charge in [-0.15, -0.1) is 0 Å². The summed E-state index contributed by atoms with van der Waals surface area (Å²) in [6.07, 6.45) is 5.87. The molecule has 1 aromatic rings. The zero-order valence-electron chi connectivity index (χ0n) is 10.2. The van der Waals surface area contributed by atoms with E-state index in [0.29, 0.717) is 5.75 Å². The summed E-state index contributed by atoms with van der Waals surface area (Å²) in [6, 6.07) is 4.10. The highest BCUT2D eigenvalue weighted by atomic mass is 16.3. The summed E-state index contributed by atoms with van der Waals surface area (Å²) >= 11 is 0. The molecule has 1 fully saturated rings. The van der Waals surface area contributed by atoms with E-state index in [0.717, 1.165) is 24.0 Å². The normalized spacial score (nSPS) is 19.7. The minimum atomic E-state index is -0.165. The minimum Gasteiger partial charge on any atom is -0.507 e. The lowest BCUT2D eigenvalue weighted by Gasteiger charge is -2.34. The van der Waals surface area contributed by atoms with Gasteiger partial charge in [0, 0.05) is 5.54 Å².